The molecule has 0 bridgehead atoms. The van der Waals surface area contributed by atoms with E-state index in [0.29, 0.717) is 12.5 Å². The molecule has 1 atom stereocenters. The van der Waals surface area contributed by atoms with Crippen molar-refractivity contribution in [2.75, 3.05) is 45.9 Å². The van der Waals surface area contributed by atoms with E-state index in [2.05, 4.69) is 41.0 Å². The zero-order valence-corrected chi connectivity index (χ0v) is 17.5. The fraction of sp³-hybridized carbons (Fsp3) is 0.632. The third-order valence-electron chi connectivity index (χ3n) is 5.02. The number of ether oxygens (including phenoxy) is 1. The molecule has 3 rings (SSSR count). The fourth-order valence-electron chi connectivity index (χ4n) is 3.60. The van der Waals surface area contributed by atoms with Crippen molar-refractivity contribution >= 4 is 29.9 Å². The zero-order chi connectivity index (χ0) is 16.8. The van der Waals surface area contributed by atoms with Crippen molar-refractivity contribution in [1.29, 1.82) is 0 Å². The molecule has 2 N–H and O–H groups in total. The van der Waals surface area contributed by atoms with Crippen LogP contribution in [0.2, 0.25) is 0 Å². The molecule has 25 heavy (non-hydrogen) atoms. The molecule has 5 nitrogen and oxygen atoms in total. The monoisotopic (exact) mass is 458 g/mol. The predicted molar refractivity (Wildman–Crippen MR) is 114 cm³/mol. The van der Waals surface area contributed by atoms with Crippen LogP contribution < -0.4 is 5.73 Å². The molecule has 0 saturated carbocycles. The average Bonchev–Trinajstić information content (AvgIpc) is 2.63. The van der Waals surface area contributed by atoms with Crippen LogP contribution in [0.15, 0.2) is 29.3 Å². The summed E-state index contributed by atoms with van der Waals surface area (Å²) in [5.41, 5.74) is 8.88. The molecule has 0 aromatic heterocycles. The van der Waals surface area contributed by atoms with Gasteiger partial charge in [0.2, 0.25) is 0 Å². The number of halogens is 1. The van der Waals surface area contributed by atoms with E-state index < -0.39 is 0 Å². The van der Waals surface area contributed by atoms with E-state index in [0.717, 1.165) is 39.4 Å². The first-order chi connectivity index (χ1) is 11.7. The maximum Gasteiger partial charge on any atom is 0.191 e. The van der Waals surface area contributed by atoms with Crippen LogP contribution in [0.1, 0.15) is 36.4 Å². The second-order valence-electron chi connectivity index (χ2n) is 6.82. The molecule has 1 aromatic carbocycles. The summed E-state index contributed by atoms with van der Waals surface area (Å²) in [4.78, 5) is 9.48. The predicted octanol–water partition coefficient (Wildman–Crippen LogP) is 2.79. The van der Waals surface area contributed by atoms with Gasteiger partial charge in [0.05, 0.1) is 25.8 Å². The number of aryl methyl sites for hydroxylation is 1. The maximum atomic E-state index is 6.27. The normalized spacial score (nSPS) is 20.8. The molecule has 140 valence electrons. The number of rotatable bonds is 4. The lowest BCUT2D eigenvalue weighted by Crippen LogP contribution is -2.43. The van der Waals surface area contributed by atoms with Crippen molar-refractivity contribution < 1.29 is 4.74 Å². The van der Waals surface area contributed by atoms with E-state index in [1.807, 2.05) is 0 Å². The van der Waals surface area contributed by atoms with Crippen LogP contribution in [-0.2, 0) is 4.74 Å². The second kappa shape index (κ2) is 10.3. The molecule has 0 radical (unpaired) electrons. The van der Waals surface area contributed by atoms with Gasteiger partial charge in [-0.15, -0.1) is 24.0 Å². The van der Waals surface area contributed by atoms with Gasteiger partial charge in [0.25, 0.3) is 0 Å². The third kappa shape index (κ3) is 5.82. The van der Waals surface area contributed by atoms with Crippen LogP contribution in [0, 0.1) is 6.92 Å². The van der Waals surface area contributed by atoms with Crippen molar-refractivity contribution in [2.24, 2.45) is 10.7 Å². The van der Waals surface area contributed by atoms with E-state index in [1.165, 1.54) is 30.4 Å². The highest BCUT2D eigenvalue weighted by atomic mass is 127. The van der Waals surface area contributed by atoms with Gasteiger partial charge in [0.15, 0.2) is 5.96 Å². The molecule has 2 aliphatic heterocycles. The lowest BCUT2D eigenvalue weighted by molar-refractivity contribution is 0.0179. The summed E-state index contributed by atoms with van der Waals surface area (Å²) >= 11 is 0. The first kappa shape index (κ1) is 20.5. The molecule has 2 fully saturated rings. The van der Waals surface area contributed by atoms with Gasteiger partial charge in [0.1, 0.15) is 0 Å². The van der Waals surface area contributed by atoms with Crippen molar-refractivity contribution in [3.8, 4) is 0 Å². The molecular formula is C19H31IN4O. The van der Waals surface area contributed by atoms with Gasteiger partial charge >= 0.3 is 0 Å². The van der Waals surface area contributed by atoms with E-state index in [-0.39, 0.29) is 30.0 Å². The Kier molecular flexibility index (Phi) is 8.45. The highest BCUT2D eigenvalue weighted by molar-refractivity contribution is 14.0. The lowest BCUT2D eigenvalue weighted by atomic mass is 10.0. The first-order valence-electron chi connectivity index (χ1n) is 9.17. The summed E-state index contributed by atoms with van der Waals surface area (Å²) in [6, 6.07) is 9.03. The SMILES string of the molecule is Cc1cccc(C(CN=C(N)N2CCCCC2)N2CCOCC2)c1.I. The molecule has 6 heteroatoms. The highest BCUT2D eigenvalue weighted by Gasteiger charge is 2.23. The van der Waals surface area contributed by atoms with Crippen LogP contribution in [-0.4, -0.2) is 61.7 Å². The molecule has 0 spiro atoms. The lowest BCUT2D eigenvalue weighted by Gasteiger charge is -2.34. The molecular weight excluding hydrogens is 427 g/mol. The summed E-state index contributed by atoms with van der Waals surface area (Å²) in [6.45, 7) is 8.46. The molecule has 0 amide bonds. The Morgan fingerprint density at radius 2 is 1.88 bits per heavy atom. The van der Waals surface area contributed by atoms with Crippen molar-refractivity contribution in [2.45, 2.75) is 32.2 Å². The second-order valence-corrected chi connectivity index (χ2v) is 6.82. The fourth-order valence-corrected chi connectivity index (χ4v) is 3.60. The van der Waals surface area contributed by atoms with Crippen LogP contribution in [0.25, 0.3) is 0 Å². The molecule has 2 saturated heterocycles. The summed E-state index contributed by atoms with van der Waals surface area (Å²) in [5, 5.41) is 0. The number of piperidine rings is 1. The quantitative estimate of drug-likeness (QED) is 0.429. The highest BCUT2D eigenvalue weighted by Crippen LogP contribution is 2.23. The minimum Gasteiger partial charge on any atom is -0.379 e. The van der Waals surface area contributed by atoms with E-state index in [9.17, 15) is 0 Å². The zero-order valence-electron chi connectivity index (χ0n) is 15.2. The summed E-state index contributed by atoms with van der Waals surface area (Å²) < 4.78 is 5.52. The summed E-state index contributed by atoms with van der Waals surface area (Å²) in [7, 11) is 0. The summed E-state index contributed by atoms with van der Waals surface area (Å²) in [6.07, 6.45) is 3.76. The van der Waals surface area contributed by atoms with Crippen LogP contribution in [0.4, 0.5) is 0 Å². The summed E-state index contributed by atoms with van der Waals surface area (Å²) in [5.74, 6) is 0.709. The van der Waals surface area contributed by atoms with Crippen LogP contribution in [0.3, 0.4) is 0 Å². The Labute approximate surface area is 168 Å². The number of hydrogen-bond acceptors (Lipinski definition) is 3. The largest absolute Gasteiger partial charge is 0.379 e. The Morgan fingerprint density at radius 1 is 1.16 bits per heavy atom. The van der Waals surface area contributed by atoms with Gasteiger partial charge in [-0.2, -0.15) is 0 Å². The van der Waals surface area contributed by atoms with Gasteiger partial charge in [-0.3, -0.25) is 9.89 Å². The Hall–Kier alpha value is -0.860. The average molecular weight is 458 g/mol. The standard InChI is InChI=1S/C19H30N4O.HI/c1-16-6-5-7-17(14-16)18(22-10-12-24-13-11-22)15-21-19(20)23-8-3-2-4-9-23;/h5-7,14,18H,2-4,8-13,15H2,1H3,(H2,20,21);1H. The minimum atomic E-state index is 0. The molecule has 2 heterocycles. The number of likely N-dealkylation sites (tertiary alicyclic amines) is 1. The molecule has 0 aliphatic carbocycles. The van der Waals surface area contributed by atoms with E-state index in [1.54, 1.807) is 0 Å². The molecule has 1 aromatic rings. The first-order valence-corrected chi connectivity index (χ1v) is 9.17. The number of nitrogens with zero attached hydrogens (tertiary/aromatic N) is 3. The molecule has 1 unspecified atom stereocenters. The van der Waals surface area contributed by atoms with E-state index in [4.69, 9.17) is 15.5 Å². The number of morpholine rings is 1. The van der Waals surface area contributed by atoms with Crippen molar-refractivity contribution in [1.82, 2.24) is 9.80 Å². The minimum absolute atomic E-state index is 0. The van der Waals surface area contributed by atoms with Gasteiger partial charge in [-0.25, -0.2) is 0 Å². The topological polar surface area (TPSA) is 54.1 Å². The van der Waals surface area contributed by atoms with Crippen molar-refractivity contribution in [3.05, 3.63) is 35.4 Å². The van der Waals surface area contributed by atoms with Crippen LogP contribution in [0.5, 0.6) is 0 Å². The number of nitrogens with two attached hydrogens (primary N) is 1. The van der Waals surface area contributed by atoms with Gasteiger partial charge < -0.3 is 15.4 Å². The molecule has 2 aliphatic rings. The van der Waals surface area contributed by atoms with Crippen LogP contribution >= 0.6 is 24.0 Å². The maximum absolute atomic E-state index is 6.27. The number of aliphatic imine (C=N–C) groups is 1. The third-order valence-corrected chi connectivity index (χ3v) is 5.02. The number of benzene rings is 1. The number of guanidine groups is 1. The Bertz CT molecular complexity index is 554. The van der Waals surface area contributed by atoms with Crippen molar-refractivity contribution in [3.63, 3.8) is 0 Å². The van der Waals surface area contributed by atoms with E-state index >= 15 is 0 Å². The number of hydrogen-bond donors (Lipinski definition) is 1. The van der Waals surface area contributed by atoms with Gasteiger partial charge in [0, 0.05) is 26.2 Å². The Balaban J connectivity index is 0.00000225. The van der Waals surface area contributed by atoms with Gasteiger partial charge in [-0.1, -0.05) is 29.8 Å². The smallest absolute Gasteiger partial charge is 0.191 e. The Morgan fingerprint density at radius 3 is 2.56 bits per heavy atom. The van der Waals surface area contributed by atoms with Gasteiger partial charge in [-0.05, 0) is 31.7 Å².